The molecule has 0 fully saturated rings. The fraction of sp³-hybridized carbons (Fsp3) is 0.238. The van der Waals surface area contributed by atoms with Crippen molar-refractivity contribution in [2.45, 2.75) is 30.8 Å². The van der Waals surface area contributed by atoms with Crippen LogP contribution in [0.1, 0.15) is 23.6 Å². The largest absolute Gasteiger partial charge is 0.492 e. The first-order valence-corrected chi connectivity index (χ1v) is 10.7. The van der Waals surface area contributed by atoms with Crippen molar-refractivity contribution < 1.29 is 9.26 Å². The molecule has 0 saturated heterocycles. The normalized spacial score (nSPS) is 12.1. The maximum atomic E-state index is 6.09. The van der Waals surface area contributed by atoms with E-state index >= 15 is 0 Å². The summed E-state index contributed by atoms with van der Waals surface area (Å²) >= 11 is 7.58. The molecule has 1 atom stereocenters. The Labute approximate surface area is 183 Å². The molecule has 0 aliphatic carbocycles. The molecule has 0 aliphatic heterocycles. The van der Waals surface area contributed by atoms with E-state index in [2.05, 4.69) is 20.3 Å². The van der Waals surface area contributed by atoms with Crippen LogP contribution in [0.15, 0.2) is 64.5 Å². The topological polar surface area (TPSA) is 78.9 Å². The number of aryl methyl sites for hydroxylation is 2. The van der Waals surface area contributed by atoms with E-state index < -0.39 is 0 Å². The lowest BCUT2D eigenvalue weighted by Crippen LogP contribution is -2.10. The molecular formula is C21H20ClN5O2S. The van der Waals surface area contributed by atoms with Crippen molar-refractivity contribution >= 4 is 23.4 Å². The van der Waals surface area contributed by atoms with E-state index in [1.165, 1.54) is 11.8 Å². The van der Waals surface area contributed by atoms with Crippen LogP contribution in [-0.4, -0.2) is 31.5 Å². The highest BCUT2D eigenvalue weighted by atomic mass is 35.5. The second-order valence-corrected chi connectivity index (χ2v) is 8.21. The number of thioether (sulfide) groups is 1. The van der Waals surface area contributed by atoms with Gasteiger partial charge in [0.1, 0.15) is 23.9 Å². The number of halogens is 1. The van der Waals surface area contributed by atoms with Gasteiger partial charge in [0.2, 0.25) is 0 Å². The second-order valence-electron chi connectivity index (χ2n) is 6.60. The van der Waals surface area contributed by atoms with Gasteiger partial charge in [0, 0.05) is 17.1 Å². The van der Waals surface area contributed by atoms with Crippen LogP contribution >= 0.6 is 23.4 Å². The first-order chi connectivity index (χ1) is 14.6. The third-order valence-electron chi connectivity index (χ3n) is 4.36. The van der Waals surface area contributed by atoms with Crippen LogP contribution in [0.4, 0.5) is 0 Å². The van der Waals surface area contributed by atoms with Gasteiger partial charge in [-0.2, -0.15) is 4.98 Å². The molecule has 2 heterocycles. The first kappa shape index (κ1) is 20.4. The van der Waals surface area contributed by atoms with E-state index in [1.807, 2.05) is 54.8 Å². The smallest absolute Gasteiger partial charge is 0.258 e. The highest BCUT2D eigenvalue weighted by molar-refractivity contribution is 7.99. The van der Waals surface area contributed by atoms with Crippen LogP contribution in [0.3, 0.4) is 0 Å². The molecule has 0 spiro atoms. The van der Waals surface area contributed by atoms with E-state index in [-0.39, 0.29) is 5.25 Å². The van der Waals surface area contributed by atoms with Gasteiger partial charge in [-0.1, -0.05) is 46.7 Å². The average molecular weight is 442 g/mol. The number of hydrogen-bond acceptors (Lipinski definition) is 7. The molecule has 7 nitrogen and oxygen atoms in total. The van der Waals surface area contributed by atoms with Gasteiger partial charge in [-0.15, -0.1) is 10.2 Å². The Morgan fingerprint density at radius 2 is 2.07 bits per heavy atom. The lowest BCUT2D eigenvalue weighted by atomic mass is 10.2. The summed E-state index contributed by atoms with van der Waals surface area (Å²) in [7, 11) is 0. The summed E-state index contributed by atoms with van der Waals surface area (Å²) < 4.78 is 13.5. The molecule has 2 aromatic heterocycles. The Hall–Kier alpha value is -2.84. The van der Waals surface area contributed by atoms with Gasteiger partial charge in [0.25, 0.3) is 5.89 Å². The van der Waals surface area contributed by atoms with Crippen molar-refractivity contribution in [3.63, 3.8) is 0 Å². The zero-order valence-electron chi connectivity index (χ0n) is 16.5. The second kappa shape index (κ2) is 9.32. The van der Waals surface area contributed by atoms with Crippen molar-refractivity contribution in [2.75, 3.05) is 6.61 Å². The van der Waals surface area contributed by atoms with E-state index in [0.717, 1.165) is 28.6 Å². The third kappa shape index (κ3) is 4.83. The molecule has 0 radical (unpaired) electrons. The Morgan fingerprint density at radius 1 is 1.20 bits per heavy atom. The fourth-order valence-corrected chi connectivity index (χ4v) is 4.01. The summed E-state index contributed by atoms with van der Waals surface area (Å²) in [5.41, 5.74) is 1.89. The highest BCUT2D eigenvalue weighted by Gasteiger charge is 2.24. The molecule has 0 bridgehead atoms. The maximum absolute atomic E-state index is 6.09. The standard InChI is InChI=1S/C21H20ClN5O2S/c1-3-27-13-23-25-21(27)30-18(12-28-17-9-4-6-14(2)10-17)19-24-20(29-26-19)15-7-5-8-16(22)11-15/h4-11,13,18H,3,12H2,1-2H3. The predicted octanol–water partition coefficient (Wildman–Crippen LogP) is 5.22. The number of ether oxygens (including phenoxy) is 1. The van der Waals surface area contributed by atoms with Crippen molar-refractivity contribution in [2.24, 2.45) is 0 Å². The Kier molecular flexibility index (Phi) is 6.35. The molecule has 9 heteroatoms. The van der Waals surface area contributed by atoms with Gasteiger partial charge in [-0.3, -0.25) is 0 Å². The summed E-state index contributed by atoms with van der Waals surface area (Å²) in [5, 5.41) is 13.6. The number of aromatic nitrogens is 5. The zero-order chi connectivity index (χ0) is 20.9. The van der Waals surface area contributed by atoms with Gasteiger partial charge >= 0.3 is 0 Å². The summed E-state index contributed by atoms with van der Waals surface area (Å²) in [6, 6.07) is 15.2. The van der Waals surface area contributed by atoms with Gasteiger partial charge in [0.15, 0.2) is 11.0 Å². The quantitative estimate of drug-likeness (QED) is 0.346. The summed E-state index contributed by atoms with van der Waals surface area (Å²) in [6.45, 7) is 5.18. The number of rotatable bonds is 8. The molecule has 4 aromatic rings. The van der Waals surface area contributed by atoms with Gasteiger partial charge in [-0.25, -0.2) is 0 Å². The Bertz CT molecular complexity index is 1130. The molecule has 1 unspecified atom stereocenters. The average Bonchev–Trinajstić information content (AvgIpc) is 3.40. The molecule has 30 heavy (non-hydrogen) atoms. The molecule has 2 aromatic carbocycles. The minimum Gasteiger partial charge on any atom is -0.492 e. The molecule has 0 saturated carbocycles. The van der Waals surface area contributed by atoms with E-state index in [0.29, 0.717) is 23.3 Å². The molecule has 154 valence electrons. The third-order valence-corrected chi connectivity index (χ3v) is 5.75. The number of nitrogens with zero attached hydrogens (tertiary/aromatic N) is 5. The minimum absolute atomic E-state index is 0.239. The van der Waals surface area contributed by atoms with E-state index in [4.69, 9.17) is 20.9 Å². The van der Waals surface area contributed by atoms with Crippen LogP contribution in [0.25, 0.3) is 11.5 Å². The molecule has 4 rings (SSSR count). The van der Waals surface area contributed by atoms with Gasteiger partial charge in [-0.05, 0) is 49.7 Å². The van der Waals surface area contributed by atoms with Crippen LogP contribution in [-0.2, 0) is 6.54 Å². The summed E-state index contributed by atoms with van der Waals surface area (Å²) in [4.78, 5) is 4.59. The zero-order valence-corrected chi connectivity index (χ0v) is 18.1. The first-order valence-electron chi connectivity index (χ1n) is 9.46. The fourth-order valence-electron chi connectivity index (χ4n) is 2.82. The number of benzene rings is 2. The van der Waals surface area contributed by atoms with E-state index in [9.17, 15) is 0 Å². The lowest BCUT2D eigenvalue weighted by Gasteiger charge is -2.14. The van der Waals surface area contributed by atoms with Crippen LogP contribution in [0, 0.1) is 6.92 Å². The SMILES string of the molecule is CCn1cnnc1SC(COc1cccc(C)c1)c1noc(-c2cccc(Cl)c2)n1. The van der Waals surface area contributed by atoms with Gasteiger partial charge < -0.3 is 13.8 Å². The molecule has 0 amide bonds. The maximum Gasteiger partial charge on any atom is 0.258 e. The van der Waals surface area contributed by atoms with Crippen molar-refractivity contribution in [1.29, 1.82) is 0 Å². The molecular weight excluding hydrogens is 422 g/mol. The van der Waals surface area contributed by atoms with Crippen molar-refractivity contribution in [3.8, 4) is 17.2 Å². The van der Waals surface area contributed by atoms with Gasteiger partial charge in [0.05, 0.1) is 0 Å². The molecule has 0 aliphatic rings. The summed E-state index contributed by atoms with van der Waals surface area (Å²) in [5.74, 6) is 1.72. The van der Waals surface area contributed by atoms with Crippen molar-refractivity contribution in [3.05, 3.63) is 71.3 Å². The monoisotopic (exact) mass is 441 g/mol. The Morgan fingerprint density at radius 3 is 2.87 bits per heavy atom. The molecule has 0 N–H and O–H groups in total. The van der Waals surface area contributed by atoms with Crippen molar-refractivity contribution in [1.82, 2.24) is 24.9 Å². The van der Waals surface area contributed by atoms with Crippen LogP contribution in [0.5, 0.6) is 5.75 Å². The highest BCUT2D eigenvalue weighted by Crippen LogP contribution is 2.34. The van der Waals surface area contributed by atoms with Crippen LogP contribution in [0.2, 0.25) is 5.02 Å². The Balaban J connectivity index is 1.59. The van der Waals surface area contributed by atoms with E-state index in [1.54, 1.807) is 18.5 Å². The minimum atomic E-state index is -0.239. The lowest BCUT2D eigenvalue weighted by molar-refractivity contribution is 0.311. The predicted molar refractivity (Wildman–Crippen MR) is 116 cm³/mol. The van der Waals surface area contributed by atoms with Crippen LogP contribution < -0.4 is 4.74 Å². The number of hydrogen-bond donors (Lipinski definition) is 0. The summed E-state index contributed by atoms with van der Waals surface area (Å²) in [6.07, 6.45) is 1.70.